The zero-order chi connectivity index (χ0) is 38.1. The Labute approximate surface area is 309 Å². The summed E-state index contributed by atoms with van der Waals surface area (Å²) in [4.78, 5) is 47.3. The van der Waals surface area contributed by atoms with Gasteiger partial charge in [0.1, 0.15) is 11.2 Å². The van der Waals surface area contributed by atoms with E-state index in [0.29, 0.717) is 39.0 Å². The van der Waals surface area contributed by atoms with Gasteiger partial charge in [-0.15, -0.1) is 0 Å². The standard InChI is InChI=1S/C37H76N8O6/c1-36(2,3)50-34(48)44-30-16-26-40-22-12-10-20-38-24-14-28-42-32(46)18-8-7-9-19-33(47)43-29-15-25-39-21-11-13-23-41-27-17-31-45-35(49)51-37(4,5)6/h38-41H,7-31H2,1-6H3,(H,42,46)(H,43,47)(H,44,48)(H,45,49). The molecule has 0 aliphatic rings. The van der Waals surface area contributed by atoms with Gasteiger partial charge >= 0.3 is 12.2 Å². The van der Waals surface area contributed by atoms with Gasteiger partial charge in [0.15, 0.2) is 0 Å². The number of ether oxygens (including phenoxy) is 2. The summed E-state index contributed by atoms with van der Waals surface area (Å²) in [5.74, 6) is 0.167. The van der Waals surface area contributed by atoms with Crippen molar-refractivity contribution in [1.82, 2.24) is 42.5 Å². The lowest BCUT2D eigenvalue weighted by molar-refractivity contribution is -0.121. The van der Waals surface area contributed by atoms with Crippen LogP contribution in [0, 0.1) is 0 Å². The zero-order valence-corrected chi connectivity index (χ0v) is 33.1. The van der Waals surface area contributed by atoms with E-state index in [1.807, 2.05) is 41.5 Å². The second-order valence-corrected chi connectivity index (χ2v) is 14.9. The van der Waals surface area contributed by atoms with Crippen molar-refractivity contribution in [1.29, 1.82) is 0 Å². The van der Waals surface area contributed by atoms with E-state index in [-0.39, 0.29) is 24.0 Å². The molecule has 4 amide bonds. The van der Waals surface area contributed by atoms with E-state index < -0.39 is 11.2 Å². The molecule has 0 saturated heterocycles. The smallest absolute Gasteiger partial charge is 0.407 e. The van der Waals surface area contributed by atoms with E-state index in [9.17, 15) is 19.2 Å². The molecule has 0 atom stereocenters. The second-order valence-electron chi connectivity index (χ2n) is 14.9. The molecule has 0 aromatic rings. The molecule has 0 fully saturated rings. The van der Waals surface area contributed by atoms with Crippen LogP contribution in [0.1, 0.15) is 125 Å². The normalized spacial score (nSPS) is 11.6. The average Bonchev–Trinajstić information content (AvgIpc) is 3.03. The van der Waals surface area contributed by atoms with Crippen LogP contribution in [-0.2, 0) is 19.1 Å². The Morgan fingerprint density at radius 2 is 0.627 bits per heavy atom. The Morgan fingerprint density at radius 1 is 0.353 bits per heavy atom. The first-order valence-corrected chi connectivity index (χ1v) is 19.6. The summed E-state index contributed by atoms with van der Waals surface area (Å²) in [6.07, 6.45) is 10.6. The van der Waals surface area contributed by atoms with E-state index >= 15 is 0 Å². The van der Waals surface area contributed by atoms with Crippen molar-refractivity contribution < 1.29 is 28.7 Å². The molecule has 0 radical (unpaired) electrons. The minimum absolute atomic E-state index is 0.0836. The highest BCUT2D eigenvalue weighted by molar-refractivity contribution is 5.76. The Morgan fingerprint density at radius 3 is 0.922 bits per heavy atom. The second kappa shape index (κ2) is 32.0. The molecule has 300 valence electrons. The van der Waals surface area contributed by atoms with Crippen molar-refractivity contribution in [3.63, 3.8) is 0 Å². The number of unbranched alkanes of at least 4 members (excludes halogenated alkanes) is 4. The summed E-state index contributed by atoms with van der Waals surface area (Å²) in [7, 11) is 0. The minimum atomic E-state index is -0.469. The Hall–Kier alpha value is -2.68. The van der Waals surface area contributed by atoms with Crippen molar-refractivity contribution in [2.45, 2.75) is 136 Å². The first-order chi connectivity index (χ1) is 24.3. The molecule has 0 spiro atoms. The maximum atomic E-state index is 12.1. The molecule has 0 unspecified atom stereocenters. The van der Waals surface area contributed by atoms with Gasteiger partial charge in [-0.1, -0.05) is 6.42 Å². The summed E-state index contributed by atoms with van der Waals surface area (Å²) in [5.41, 5.74) is -0.939. The molecule has 0 aliphatic heterocycles. The molecular weight excluding hydrogens is 652 g/mol. The molecule has 14 heteroatoms. The van der Waals surface area contributed by atoms with Gasteiger partial charge in [0, 0.05) is 39.0 Å². The quantitative estimate of drug-likeness (QED) is 0.0476. The van der Waals surface area contributed by atoms with Crippen LogP contribution in [0.2, 0.25) is 0 Å². The van der Waals surface area contributed by atoms with Crippen molar-refractivity contribution in [2.75, 3.05) is 78.5 Å². The molecule has 8 N–H and O–H groups in total. The molecule has 0 saturated carbocycles. The van der Waals surface area contributed by atoms with Crippen molar-refractivity contribution in [2.24, 2.45) is 0 Å². The monoisotopic (exact) mass is 729 g/mol. The average molecular weight is 729 g/mol. The molecule has 0 aromatic carbocycles. The topological polar surface area (TPSA) is 183 Å². The first kappa shape index (κ1) is 48.3. The van der Waals surface area contributed by atoms with Crippen molar-refractivity contribution >= 4 is 24.0 Å². The predicted molar refractivity (Wildman–Crippen MR) is 206 cm³/mol. The number of hydrogen-bond donors (Lipinski definition) is 8. The SMILES string of the molecule is CC(C)(C)OC(=O)NCCCNCCCCNCCCNC(=O)CCCCCC(=O)NCCCNCCCCNCCCNC(=O)OC(C)(C)C. The van der Waals surface area contributed by atoms with Gasteiger partial charge in [-0.05, 0) is 158 Å². The molecular formula is C37H76N8O6. The maximum absolute atomic E-state index is 12.1. The number of amides is 4. The van der Waals surface area contributed by atoms with Gasteiger partial charge in [-0.25, -0.2) is 9.59 Å². The Bertz CT molecular complexity index is 825. The maximum Gasteiger partial charge on any atom is 0.407 e. The zero-order valence-electron chi connectivity index (χ0n) is 33.1. The van der Waals surface area contributed by atoms with E-state index in [4.69, 9.17) is 9.47 Å². The summed E-state index contributed by atoms with van der Waals surface area (Å²) >= 11 is 0. The van der Waals surface area contributed by atoms with Gasteiger partial charge in [-0.2, -0.15) is 0 Å². The third-order valence-corrected chi connectivity index (χ3v) is 7.32. The van der Waals surface area contributed by atoms with Gasteiger partial charge < -0.3 is 52.0 Å². The fourth-order valence-electron chi connectivity index (χ4n) is 4.74. The van der Waals surface area contributed by atoms with E-state index in [2.05, 4.69) is 42.5 Å². The summed E-state index contributed by atoms with van der Waals surface area (Å²) in [5, 5.41) is 25.1. The highest BCUT2D eigenvalue weighted by atomic mass is 16.6. The fourth-order valence-corrected chi connectivity index (χ4v) is 4.74. The third-order valence-electron chi connectivity index (χ3n) is 7.32. The van der Waals surface area contributed by atoms with Crippen molar-refractivity contribution in [3.05, 3.63) is 0 Å². The minimum Gasteiger partial charge on any atom is -0.444 e. The van der Waals surface area contributed by atoms with Crippen LogP contribution in [0.3, 0.4) is 0 Å². The number of carbonyl (C=O) groups excluding carboxylic acids is 4. The van der Waals surface area contributed by atoms with Gasteiger partial charge in [0.2, 0.25) is 11.8 Å². The number of rotatable bonds is 32. The van der Waals surface area contributed by atoms with Crippen LogP contribution in [0.4, 0.5) is 9.59 Å². The van der Waals surface area contributed by atoms with E-state index in [1.165, 1.54) is 0 Å². The summed E-state index contributed by atoms with van der Waals surface area (Å²) in [6.45, 7) is 21.0. The largest absolute Gasteiger partial charge is 0.444 e. The Balaban J connectivity index is 3.34. The molecule has 14 nitrogen and oxygen atoms in total. The number of hydrogen-bond acceptors (Lipinski definition) is 10. The lowest BCUT2D eigenvalue weighted by Gasteiger charge is -2.19. The molecule has 51 heavy (non-hydrogen) atoms. The lowest BCUT2D eigenvalue weighted by atomic mass is 10.1. The number of alkyl carbamates (subject to hydrolysis) is 2. The number of nitrogens with one attached hydrogen (secondary N) is 8. The van der Waals surface area contributed by atoms with Gasteiger partial charge in [0.05, 0.1) is 0 Å². The molecule has 0 heterocycles. The number of carbonyl (C=O) groups is 4. The van der Waals surface area contributed by atoms with Crippen molar-refractivity contribution in [3.8, 4) is 0 Å². The van der Waals surface area contributed by atoms with E-state index in [0.717, 1.165) is 123 Å². The molecule has 0 bridgehead atoms. The highest BCUT2D eigenvalue weighted by Gasteiger charge is 2.16. The fraction of sp³-hybridized carbons (Fsp3) is 0.892. The van der Waals surface area contributed by atoms with Gasteiger partial charge in [-0.3, -0.25) is 9.59 Å². The van der Waals surface area contributed by atoms with Gasteiger partial charge in [0.25, 0.3) is 0 Å². The van der Waals surface area contributed by atoms with Crippen LogP contribution in [0.15, 0.2) is 0 Å². The molecule has 0 rings (SSSR count). The van der Waals surface area contributed by atoms with Crippen LogP contribution < -0.4 is 42.5 Å². The van der Waals surface area contributed by atoms with Crippen LogP contribution in [0.25, 0.3) is 0 Å². The third kappa shape index (κ3) is 40.0. The molecule has 0 aliphatic carbocycles. The van der Waals surface area contributed by atoms with Crippen LogP contribution >= 0.6 is 0 Å². The van der Waals surface area contributed by atoms with Crippen LogP contribution in [-0.4, -0.2) is 114 Å². The first-order valence-electron chi connectivity index (χ1n) is 19.6. The van der Waals surface area contributed by atoms with Crippen LogP contribution in [0.5, 0.6) is 0 Å². The highest BCUT2D eigenvalue weighted by Crippen LogP contribution is 2.07. The Kier molecular flexibility index (Phi) is 30.3. The summed E-state index contributed by atoms with van der Waals surface area (Å²) in [6, 6.07) is 0. The molecule has 0 aromatic heterocycles. The lowest BCUT2D eigenvalue weighted by Crippen LogP contribution is -2.34. The predicted octanol–water partition coefficient (Wildman–Crippen LogP) is 3.70. The summed E-state index contributed by atoms with van der Waals surface area (Å²) < 4.78 is 10.4. The van der Waals surface area contributed by atoms with E-state index in [1.54, 1.807) is 0 Å².